The Bertz CT molecular complexity index is 1740. The van der Waals surface area contributed by atoms with Crippen LogP contribution in [0.4, 0.5) is 5.69 Å². The molecule has 0 saturated carbocycles. The van der Waals surface area contributed by atoms with E-state index in [1.54, 1.807) is 48.5 Å². The lowest BCUT2D eigenvalue weighted by Gasteiger charge is -2.34. The predicted molar refractivity (Wildman–Crippen MR) is 187 cm³/mol. The molecule has 0 aromatic heterocycles. The molecule has 0 aliphatic carbocycles. The maximum absolute atomic E-state index is 14.6. The van der Waals surface area contributed by atoms with Gasteiger partial charge in [0.15, 0.2) is 0 Å². The number of amides is 2. The molecule has 0 fully saturated rings. The molecule has 1 N–H and O–H groups in total. The van der Waals surface area contributed by atoms with Crippen LogP contribution in [0.2, 0.25) is 10.0 Å². The van der Waals surface area contributed by atoms with Crippen LogP contribution in [-0.4, -0.2) is 50.4 Å². The zero-order valence-corrected chi connectivity index (χ0v) is 28.9. The van der Waals surface area contributed by atoms with Crippen LogP contribution in [0.15, 0.2) is 108 Å². The minimum Gasteiger partial charge on any atom is -0.494 e. The van der Waals surface area contributed by atoms with E-state index in [0.717, 1.165) is 9.87 Å². The topological polar surface area (TPSA) is 96.0 Å². The first-order valence-corrected chi connectivity index (χ1v) is 17.6. The summed E-state index contributed by atoms with van der Waals surface area (Å²) in [6.07, 6.45) is 0.888. The van der Waals surface area contributed by atoms with Crippen LogP contribution in [0.1, 0.15) is 38.3 Å². The Morgan fingerprint density at radius 1 is 0.851 bits per heavy atom. The van der Waals surface area contributed by atoms with Crippen molar-refractivity contribution in [1.82, 2.24) is 10.2 Å². The molecular weight excluding hydrogens is 657 g/mol. The normalized spacial score (nSPS) is 12.5. The van der Waals surface area contributed by atoms with Gasteiger partial charge in [0.2, 0.25) is 11.8 Å². The molecule has 47 heavy (non-hydrogen) atoms. The Morgan fingerprint density at radius 3 is 2.11 bits per heavy atom. The lowest BCUT2D eigenvalue weighted by atomic mass is 10.0. The number of nitrogens with zero attached hydrogens (tertiary/aromatic N) is 2. The molecule has 0 unspecified atom stereocenters. The van der Waals surface area contributed by atoms with Crippen molar-refractivity contribution in [2.45, 2.75) is 57.1 Å². The third kappa shape index (κ3) is 9.50. The number of hydrogen-bond acceptors (Lipinski definition) is 5. The van der Waals surface area contributed by atoms with Crippen LogP contribution < -0.4 is 14.4 Å². The molecule has 0 heterocycles. The standard InChI is InChI=1S/C36H39Cl2N3O5S/c1-4-26(3)39-36(43)34(23-27-11-7-6-8-12-27)40(24-28-13-9-10-14-33(28)38)35(42)25-41(30-17-19-31(20-18-30)46-5-2)47(44,45)32-21-15-29(37)16-22-32/h6-22,26,34H,4-5,23-25H2,1-3H3,(H,39,43)/t26-,34+/m0/s1. The number of benzene rings is 4. The van der Waals surface area contributed by atoms with Gasteiger partial charge in [0.25, 0.3) is 10.0 Å². The van der Waals surface area contributed by atoms with Crippen LogP contribution in [0.5, 0.6) is 5.75 Å². The van der Waals surface area contributed by atoms with E-state index in [0.29, 0.717) is 34.4 Å². The molecule has 0 aliphatic heterocycles. The summed E-state index contributed by atoms with van der Waals surface area (Å²) in [6, 6.07) is 27.5. The molecule has 0 saturated heterocycles. The molecular formula is C36H39Cl2N3O5S. The fourth-order valence-electron chi connectivity index (χ4n) is 4.94. The van der Waals surface area contributed by atoms with E-state index < -0.39 is 28.5 Å². The van der Waals surface area contributed by atoms with Crippen LogP contribution in [0.25, 0.3) is 0 Å². The molecule has 2 amide bonds. The van der Waals surface area contributed by atoms with Crippen molar-refractivity contribution >= 4 is 50.7 Å². The quantitative estimate of drug-likeness (QED) is 0.143. The highest BCUT2D eigenvalue weighted by molar-refractivity contribution is 7.92. The number of hydrogen-bond donors (Lipinski definition) is 1. The lowest BCUT2D eigenvalue weighted by Crippen LogP contribution is -2.54. The number of sulfonamides is 1. The van der Waals surface area contributed by atoms with E-state index in [2.05, 4.69) is 5.32 Å². The summed E-state index contributed by atoms with van der Waals surface area (Å²) in [6.45, 7) is 5.52. The maximum Gasteiger partial charge on any atom is 0.264 e. The van der Waals surface area contributed by atoms with Gasteiger partial charge in [-0.1, -0.05) is 78.7 Å². The second-order valence-corrected chi connectivity index (χ2v) is 13.7. The van der Waals surface area contributed by atoms with E-state index in [-0.39, 0.29) is 35.5 Å². The minimum atomic E-state index is -4.27. The second-order valence-electron chi connectivity index (χ2n) is 11.0. The molecule has 4 aromatic rings. The van der Waals surface area contributed by atoms with Gasteiger partial charge in [0.05, 0.1) is 17.2 Å². The highest BCUT2D eigenvalue weighted by Crippen LogP contribution is 2.28. The molecule has 0 bridgehead atoms. The first-order chi connectivity index (χ1) is 22.5. The van der Waals surface area contributed by atoms with E-state index in [1.165, 1.54) is 29.2 Å². The first kappa shape index (κ1) is 35.8. The molecule has 11 heteroatoms. The summed E-state index contributed by atoms with van der Waals surface area (Å²) in [4.78, 5) is 29.9. The summed E-state index contributed by atoms with van der Waals surface area (Å²) in [5.74, 6) is -0.384. The van der Waals surface area contributed by atoms with E-state index in [1.807, 2.05) is 51.1 Å². The fraction of sp³-hybridized carbons (Fsp3) is 0.278. The highest BCUT2D eigenvalue weighted by atomic mass is 35.5. The van der Waals surface area contributed by atoms with Crippen molar-refractivity contribution in [1.29, 1.82) is 0 Å². The third-order valence-electron chi connectivity index (χ3n) is 7.69. The van der Waals surface area contributed by atoms with Gasteiger partial charge in [0.1, 0.15) is 18.3 Å². The largest absolute Gasteiger partial charge is 0.494 e. The van der Waals surface area contributed by atoms with Gasteiger partial charge in [-0.25, -0.2) is 8.42 Å². The van der Waals surface area contributed by atoms with E-state index >= 15 is 0 Å². The monoisotopic (exact) mass is 695 g/mol. The van der Waals surface area contributed by atoms with Crippen molar-refractivity contribution in [3.05, 3.63) is 124 Å². The molecule has 8 nitrogen and oxygen atoms in total. The summed E-state index contributed by atoms with van der Waals surface area (Å²) in [5, 5.41) is 3.82. The predicted octanol–water partition coefficient (Wildman–Crippen LogP) is 7.14. The van der Waals surface area contributed by atoms with Gasteiger partial charge in [-0.05, 0) is 86.0 Å². The number of halogens is 2. The van der Waals surface area contributed by atoms with Crippen LogP contribution in [-0.2, 0) is 32.6 Å². The Balaban J connectivity index is 1.81. The van der Waals surface area contributed by atoms with Gasteiger partial charge in [-0.2, -0.15) is 0 Å². The average molecular weight is 697 g/mol. The van der Waals surface area contributed by atoms with E-state index in [4.69, 9.17) is 27.9 Å². The second kappa shape index (κ2) is 16.7. The summed E-state index contributed by atoms with van der Waals surface area (Å²) in [5.41, 5.74) is 1.70. The van der Waals surface area contributed by atoms with Crippen LogP contribution in [0.3, 0.4) is 0 Å². The third-order valence-corrected chi connectivity index (χ3v) is 10.1. The summed E-state index contributed by atoms with van der Waals surface area (Å²) >= 11 is 12.6. The molecule has 4 rings (SSSR count). The first-order valence-electron chi connectivity index (χ1n) is 15.4. The zero-order chi connectivity index (χ0) is 34.0. The maximum atomic E-state index is 14.6. The number of ether oxygens (including phenoxy) is 1. The SMILES string of the molecule is CCOc1ccc(N(CC(=O)N(Cc2ccccc2Cl)[C@H](Cc2ccccc2)C(=O)N[C@@H](C)CC)S(=O)(=O)c2ccc(Cl)cc2)cc1. The smallest absolute Gasteiger partial charge is 0.264 e. The molecule has 0 aliphatic rings. The number of carbonyl (C=O) groups is 2. The van der Waals surface area contributed by atoms with Crippen molar-refractivity contribution in [3.63, 3.8) is 0 Å². The summed E-state index contributed by atoms with van der Waals surface area (Å²) < 4.78 is 35.0. The Kier molecular flexibility index (Phi) is 12.7. The van der Waals surface area contributed by atoms with Gasteiger partial charge >= 0.3 is 0 Å². The van der Waals surface area contributed by atoms with E-state index in [9.17, 15) is 18.0 Å². The average Bonchev–Trinajstić information content (AvgIpc) is 3.07. The Hall–Kier alpha value is -4.05. The van der Waals surface area contributed by atoms with Crippen molar-refractivity contribution in [2.24, 2.45) is 0 Å². The fourth-order valence-corrected chi connectivity index (χ4v) is 6.68. The molecule has 248 valence electrons. The van der Waals surface area contributed by atoms with Gasteiger partial charge < -0.3 is 15.0 Å². The Labute approximate surface area is 287 Å². The number of nitrogens with one attached hydrogen (secondary N) is 1. The van der Waals surface area contributed by atoms with Gasteiger partial charge in [-0.15, -0.1) is 0 Å². The lowest BCUT2D eigenvalue weighted by molar-refractivity contribution is -0.140. The minimum absolute atomic E-state index is 0.0258. The molecule has 0 spiro atoms. The number of anilines is 1. The molecule has 2 atom stereocenters. The molecule has 0 radical (unpaired) electrons. The summed E-state index contributed by atoms with van der Waals surface area (Å²) in [7, 11) is -4.27. The van der Waals surface area contributed by atoms with Gasteiger partial charge in [0, 0.05) is 29.1 Å². The van der Waals surface area contributed by atoms with Crippen molar-refractivity contribution in [2.75, 3.05) is 17.5 Å². The van der Waals surface area contributed by atoms with Crippen LogP contribution >= 0.6 is 23.2 Å². The van der Waals surface area contributed by atoms with Gasteiger partial charge in [-0.3, -0.25) is 13.9 Å². The zero-order valence-electron chi connectivity index (χ0n) is 26.6. The van der Waals surface area contributed by atoms with Crippen molar-refractivity contribution < 1.29 is 22.7 Å². The number of rotatable bonds is 15. The number of carbonyl (C=O) groups excluding carboxylic acids is 2. The Morgan fingerprint density at radius 2 is 1.49 bits per heavy atom. The highest BCUT2D eigenvalue weighted by Gasteiger charge is 2.35. The van der Waals surface area contributed by atoms with Crippen molar-refractivity contribution in [3.8, 4) is 5.75 Å². The van der Waals surface area contributed by atoms with Crippen LogP contribution in [0, 0.1) is 0 Å². The molecule has 4 aromatic carbocycles.